The Morgan fingerprint density at radius 2 is 1.77 bits per heavy atom. The molecule has 2 rings (SSSR count). The van der Waals surface area contributed by atoms with Gasteiger partial charge in [0.2, 0.25) is 0 Å². The molecule has 0 fully saturated rings. The number of benzene rings is 2. The van der Waals surface area contributed by atoms with Gasteiger partial charge in [0.1, 0.15) is 23.1 Å². The fourth-order valence-electron chi connectivity index (χ4n) is 1.82. The van der Waals surface area contributed by atoms with Gasteiger partial charge in [0.15, 0.2) is 0 Å². The molecule has 2 aromatic rings. The minimum atomic E-state index is -1.24. The first kappa shape index (κ1) is 15.4. The van der Waals surface area contributed by atoms with Crippen LogP contribution in [0.25, 0.3) is 0 Å². The van der Waals surface area contributed by atoms with Gasteiger partial charge in [0.05, 0.1) is 18.2 Å². The van der Waals surface area contributed by atoms with Crippen LogP contribution in [0.15, 0.2) is 36.4 Å². The number of halogens is 2. The number of rotatable bonds is 4. The summed E-state index contributed by atoms with van der Waals surface area (Å²) in [6, 6.07) is 6.74. The lowest BCUT2D eigenvalue weighted by molar-refractivity contribution is 0.0697. The zero-order chi connectivity index (χ0) is 16.3. The Kier molecular flexibility index (Phi) is 4.36. The Morgan fingerprint density at radius 1 is 1.14 bits per heavy atom. The van der Waals surface area contributed by atoms with Crippen LogP contribution in [0.2, 0.25) is 0 Å². The molecular weight excluding hydrogens is 296 g/mol. The highest BCUT2D eigenvalue weighted by Gasteiger charge is 2.18. The Bertz CT molecular complexity index is 726. The number of hydrogen-bond donors (Lipinski definition) is 2. The third-order valence-electron chi connectivity index (χ3n) is 2.89. The Balaban J connectivity index is 2.40. The molecule has 114 valence electrons. The summed E-state index contributed by atoms with van der Waals surface area (Å²) in [5.41, 5.74) is -0.916. The predicted molar refractivity (Wildman–Crippen MR) is 74.3 cm³/mol. The second-order valence-corrected chi connectivity index (χ2v) is 4.27. The largest absolute Gasteiger partial charge is 0.496 e. The Morgan fingerprint density at radius 3 is 2.32 bits per heavy atom. The van der Waals surface area contributed by atoms with E-state index in [4.69, 9.17) is 9.84 Å². The molecule has 22 heavy (non-hydrogen) atoms. The van der Waals surface area contributed by atoms with Crippen LogP contribution in [-0.4, -0.2) is 24.1 Å². The SMILES string of the molecule is COc1ccc(C(=O)O)cc1C(=O)Nc1c(F)cccc1F. The van der Waals surface area contributed by atoms with Gasteiger partial charge in [-0.3, -0.25) is 4.79 Å². The summed E-state index contributed by atoms with van der Waals surface area (Å²) in [5.74, 6) is -3.93. The predicted octanol–water partition coefficient (Wildman–Crippen LogP) is 2.92. The molecule has 0 saturated heterocycles. The third-order valence-corrected chi connectivity index (χ3v) is 2.89. The van der Waals surface area contributed by atoms with E-state index in [0.717, 1.165) is 24.3 Å². The fourth-order valence-corrected chi connectivity index (χ4v) is 1.82. The van der Waals surface area contributed by atoms with Crippen LogP contribution in [0.5, 0.6) is 5.75 Å². The number of carbonyl (C=O) groups is 2. The summed E-state index contributed by atoms with van der Waals surface area (Å²) < 4.78 is 32.0. The standard InChI is InChI=1S/C15H11F2NO4/c1-22-12-6-5-8(15(20)21)7-9(12)14(19)18-13-10(16)3-2-4-11(13)17/h2-7H,1H3,(H,18,19)(H,20,21). The van der Waals surface area contributed by atoms with Crippen LogP contribution in [0.1, 0.15) is 20.7 Å². The first-order valence-corrected chi connectivity index (χ1v) is 6.10. The van der Waals surface area contributed by atoms with E-state index in [-0.39, 0.29) is 16.9 Å². The second-order valence-electron chi connectivity index (χ2n) is 4.27. The van der Waals surface area contributed by atoms with Gasteiger partial charge in [-0.25, -0.2) is 13.6 Å². The molecule has 0 aliphatic carbocycles. The minimum absolute atomic E-state index is 0.0826. The van der Waals surface area contributed by atoms with Crippen molar-refractivity contribution in [3.8, 4) is 5.75 Å². The van der Waals surface area contributed by atoms with Crippen LogP contribution in [0.4, 0.5) is 14.5 Å². The Hall–Kier alpha value is -2.96. The van der Waals surface area contributed by atoms with Crippen LogP contribution >= 0.6 is 0 Å². The number of nitrogens with one attached hydrogen (secondary N) is 1. The smallest absolute Gasteiger partial charge is 0.335 e. The zero-order valence-corrected chi connectivity index (χ0v) is 11.4. The van der Waals surface area contributed by atoms with Crippen molar-refractivity contribution in [3.05, 3.63) is 59.2 Å². The minimum Gasteiger partial charge on any atom is -0.496 e. The maximum absolute atomic E-state index is 13.5. The summed E-state index contributed by atoms with van der Waals surface area (Å²) >= 11 is 0. The van der Waals surface area contributed by atoms with Crippen molar-refractivity contribution in [3.63, 3.8) is 0 Å². The number of amides is 1. The van der Waals surface area contributed by atoms with E-state index in [2.05, 4.69) is 5.32 Å². The molecule has 0 bridgehead atoms. The zero-order valence-electron chi connectivity index (χ0n) is 11.4. The lowest BCUT2D eigenvalue weighted by Crippen LogP contribution is -2.16. The van der Waals surface area contributed by atoms with Crippen LogP contribution in [0.3, 0.4) is 0 Å². The average molecular weight is 307 g/mol. The van der Waals surface area contributed by atoms with Gasteiger partial charge in [0.25, 0.3) is 5.91 Å². The van der Waals surface area contributed by atoms with Gasteiger partial charge < -0.3 is 15.2 Å². The van der Waals surface area contributed by atoms with E-state index >= 15 is 0 Å². The third kappa shape index (κ3) is 3.03. The lowest BCUT2D eigenvalue weighted by Gasteiger charge is -2.11. The normalized spacial score (nSPS) is 10.1. The fraction of sp³-hybridized carbons (Fsp3) is 0.0667. The molecule has 0 spiro atoms. The first-order chi connectivity index (χ1) is 10.4. The van der Waals surface area contributed by atoms with Crippen molar-refractivity contribution in [2.75, 3.05) is 12.4 Å². The highest BCUT2D eigenvalue weighted by atomic mass is 19.1. The summed E-state index contributed by atoms with van der Waals surface area (Å²) in [7, 11) is 1.29. The molecule has 2 aromatic carbocycles. The van der Waals surface area contributed by atoms with E-state index < -0.39 is 29.2 Å². The number of aromatic carboxylic acids is 1. The van der Waals surface area contributed by atoms with Crippen molar-refractivity contribution in [2.45, 2.75) is 0 Å². The molecule has 0 heterocycles. The number of para-hydroxylation sites is 1. The second kappa shape index (κ2) is 6.21. The molecule has 0 unspecified atom stereocenters. The molecule has 0 aliphatic heterocycles. The van der Waals surface area contributed by atoms with Crippen LogP contribution < -0.4 is 10.1 Å². The number of carboxylic acid groups (broad SMARTS) is 1. The van der Waals surface area contributed by atoms with Gasteiger partial charge in [-0.2, -0.15) is 0 Å². The number of carbonyl (C=O) groups excluding carboxylic acids is 1. The van der Waals surface area contributed by atoms with Crippen molar-refractivity contribution >= 4 is 17.6 Å². The summed E-state index contributed by atoms with van der Waals surface area (Å²) in [4.78, 5) is 23.1. The van der Waals surface area contributed by atoms with Crippen molar-refractivity contribution in [1.29, 1.82) is 0 Å². The van der Waals surface area contributed by atoms with Crippen LogP contribution in [0, 0.1) is 11.6 Å². The quantitative estimate of drug-likeness (QED) is 0.910. The Labute approximate surface area is 124 Å². The molecule has 7 heteroatoms. The molecule has 0 aromatic heterocycles. The number of hydrogen-bond acceptors (Lipinski definition) is 3. The van der Waals surface area contributed by atoms with Gasteiger partial charge in [-0.05, 0) is 30.3 Å². The maximum Gasteiger partial charge on any atom is 0.335 e. The summed E-state index contributed by atoms with van der Waals surface area (Å²) in [6.07, 6.45) is 0. The summed E-state index contributed by atoms with van der Waals surface area (Å²) in [6.45, 7) is 0. The molecule has 0 aliphatic rings. The van der Waals surface area contributed by atoms with Gasteiger partial charge in [-0.1, -0.05) is 6.07 Å². The first-order valence-electron chi connectivity index (χ1n) is 6.10. The van der Waals surface area contributed by atoms with Gasteiger partial charge in [-0.15, -0.1) is 0 Å². The molecule has 1 amide bonds. The lowest BCUT2D eigenvalue weighted by atomic mass is 10.1. The average Bonchev–Trinajstić information content (AvgIpc) is 2.50. The molecular formula is C15H11F2NO4. The van der Waals surface area contributed by atoms with E-state index in [1.807, 2.05) is 0 Å². The number of methoxy groups -OCH3 is 1. The van der Waals surface area contributed by atoms with Crippen LogP contribution in [-0.2, 0) is 0 Å². The molecule has 0 radical (unpaired) electrons. The van der Waals surface area contributed by atoms with Gasteiger partial charge >= 0.3 is 5.97 Å². The maximum atomic E-state index is 13.5. The van der Waals surface area contributed by atoms with Gasteiger partial charge in [0, 0.05) is 0 Å². The molecule has 0 saturated carbocycles. The number of anilines is 1. The topological polar surface area (TPSA) is 75.6 Å². The summed E-state index contributed by atoms with van der Waals surface area (Å²) in [5, 5.41) is 11.0. The molecule has 5 nitrogen and oxygen atoms in total. The van der Waals surface area contributed by atoms with Crippen molar-refractivity contribution < 1.29 is 28.2 Å². The van der Waals surface area contributed by atoms with E-state index in [1.54, 1.807) is 0 Å². The van der Waals surface area contributed by atoms with E-state index in [9.17, 15) is 18.4 Å². The highest BCUT2D eigenvalue weighted by molar-refractivity contribution is 6.07. The van der Waals surface area contributed by atoms with E-state index in [0.29, 0.717) is 0 Å². The van der Waals surface area contributed by atoms with Crippen molar-refractivity contribution in [2.24, 2.45) is 0 Å². The molecule has 0 atom stereocenters. The van der Waals surface area contributed by atoms with E-state index in [1.165, 1.54) is 19.2 Å². The number of carboxylic acids is 1. The highest BCUT2D eigenvalue weighted by Crippen LogP contribution is 2.24. The number of ether oxygens (including phenoxy) is 1. The van der Waals surface area contributed by atoms with Crippen molar-refractivity contribution in [1.82, 2.24) is 0 Å². The molecule has 2 N–H and O–H groups in total. The monoisotopic (exact) mass is 307 g/mol.